The summed E-state index contributed by atoms with van der Waals surface area (Å²) in [5.74, 6) is -0.150. The van der Waals surface area contributed by atoms with Crippen LogP contribution in [0.4, 0.5) is 14.7 Å². The standard InChI is InChI=1S/C22H21ClF2N6O2/c1-13(24)31-8-14(7-27-31)18-4-5-26-20(28-18)30-22-10-21(11-22,12-22)29-19(32)9-33-15-2-3-16(23)17(25)6-15/h2-8,13H,9-12H2,1H3,(H,29,32)(H,26,28,30). The number of nitrogens with one attached hydrogen (secondary N) is 2. The van der Waals surface area contributed by atoms with Crippen LogP contribution in [0.15, 0.2) is 42.9 Å². The molecule has 0 spiro atoms. The predicted octanol–water partition coefficient (Wildman–Crippen LogP) is 3.90. The maximum atomic E-state index is 13.5. The summed E-state index contributed by atoms with van der Waals surface area (Å²) in [6.45, 7) is 1.20. The predicted molar refractivity (Wildman–Crippen MR) is 117 cm³/mol. The Bertz CT molecular complexity index is 1200. The van der Waals surface area contributed by atoms with Crippen molar-refractivity contribution in [2.45, 2.75) is 43.6 Å². The fourth-order valence-electron chi connectivity index (χ4n) is 4.58. The number of ether oxygens (including phenoxy) is 1. The van der Waals surface area contributed by atoms with Gasteiger partial charge in [-0.15, -0.1) is 0 Å². The van der Waals surface area contributed by atoms with Gasteiger partial charge in [0.25, 0.3) is 5.91 Å². The number of aromatic nitrogens is 4. The van der Waals surface area contributed by atoms with Gasteiger partial charge in [0.1, 0.15) is 11.6 Å². The summed E-state index contributed by atoms with van der Waals surface area (Å²) in [5.41, 5.74) is 0.912. The van der Waals surface area contributed by atoms with Crippen molar-refractivity contribution in [3.8, 4) is 17.0 Å². The molecule has 1 aromatic carbocycles. The topological polar surface area (TPSA) is 94.0 Å². The maximum Gasteiger partial charge on any atom is 0.258 e. The Morgan fingerprint density at radius 1 is 1.30 bits per heavy atom. The van der Waals surface area contributed by atoms with E-state index in [1.165, 1.54) is 23.7 Å². The molecule has 0 radical (unpaired) electrons. The number of alkyl halides is 1. The molecular weight excluding hydrogens is 454 g/mol. The van der Waals surface area contributed by atoms with Crippen molar-refractivity contribution in [2.75, 3.05) is 11.9 Å². The van der Waals surface area contributed by atoms with E-state index >= 15 is 0 Å². The van der Waals surface area contributed by atoms with Crippen molar-refractivity contribution in [1.82, 2.24) is 25.1 Å². The van der Waals surface area contributed by atoms with Crippen LogP contribution in [0.1, 0.15) is 32.5 Å². The fraction of sp³-hybridized carbons (Fsp3) is 0.364. The third-order valence-electron chi connectivity index (χ3n) is 5.99. The van der Waals surface area contributed by atoms with E-state index in [1.807, 2.05) is 0 Å². The second-order valence-corrected chi connectivity index (χ2v) is 9.08. The molecular formula is C22H21ClF2N6O2. The van der Waals surface area contributed by atoms with Crippen molar-refractivity contribution < 1.29 is 18.3 Å². The summed E-state index contributed by atoms with van der Waals surface area (Å²) in [7, 11) is 0. The van der Waals surface area contributed by atoms with Gasteiger partial charge in [-0.3, -0.25) is 4.79 Å². The molecule has 3 aromatic rings. The van der Waals surface area contributed by atoms with E-state index in [0.717, 1.165) is 25.3 Å². The fourth-order valence-corrected chi connectivity index (χ4v) is 4.70. The Labute approximate surface area is 193 Å². The number of amides is 1. The number of benzene rings is 1. The number of carbonyl (C=O) groups excluding carboxylic acids is 1. The van der Waals surface area contributed by atoms with E-state index in [2.05, 4.69) is 25.7 Å². The van der Waals surface area contributed by atoms with Gasteiger partial charge < -0.3 is 15.4 Å². The van der Waals surface area contributed by atoms with Crippen LogP contribution in [0.25, 0.3) is 11.3 Å². The molecule has 3 aliphatic carbocycles. The van der Waals surface area contributed by atoms with Crippen LogP contribution in [0.5, 0.6) is 5.75 Å². The third-order valence-corrected chi connectivity index (χ3v) is 6.30. The highest BCUT2D eigenvalue weighted by molar-refractivity contribution is 6.30. The Morgan fingerprint density at radius 3 is 2.79 bits per heavy atom. The van der Waals surface area contributed by atoms with Crippen molar-refractivity contribution >= 4 is 23.5 Å². The minimum Gasteiger partial charge on any atom is -0.484 e. The number of hydrogen-bond donors (Lipinski definition) is 2. The summed E-state index contributed by atoms with van der Waals surface area (Å²) >= 11 is 5.64. The average molecular weight is 475 g/mol. The molecule has 8 nitrogen and oxygen atoms in total. The van der Waals surface area contributed by atoms with Crippen LogP contribution in [0.2, 0.25) is 5.02 Å². The lowest BCUT2D eigenvalue weighted by Gasteiger charge is -2.70. The summed E-state index contributed by atoms with van der Waals surface area (Å²) in [4.78, 5) is 21.1. The maximum absolute atomic E-state index is 13.5. The second kappa shape index (κ2) is 7.95. The van der Waals surface area contributed by atoms with Gasteiger partial charge in [0.2, 0.25) is 5.95 Å². The number of anilines is 1. The van der Waals surface area contributed by atoms with Gasteiger partial charge in [0.15, 0.2) is 12.9 Å². The first-order chi connectivity index (χ1) is 15.7. The molecule has 2 N–H and O–H groups in total. The average Bonchev–Trinajstić information content (AvgIpc) is 3.23. The molecule has 3 saturated carbocycles. The van der Waals surface area contributed by atoms with E-state index in [0.29, 0.717) is 17.2 Å². The molecule has 2 aromatic heterocycles. The number of nitrogens with zero attached hydrogens (tertiary/aromatic N) is 4. The molecule has 0 saturated heterocycles. The minimum atomic E-state index is -1.22. The minimum absolute atomic E-state index is 0.00240. The highest BCUT2D eigenvalue weighted by Gasteiger charge is 2.69. The monoisotopic (exact) mass is 474 g/mol. The van der Waals surface area contributed by atoms with Crippen LogP contribution >= 0.6 is 11.6 Å². The number of rotatable bonds is 8. The highest BCUT2D eigenvalue weighted by Crippen LogP contribution is 2.61. The van der Waals surface area contributed by atoms with Crippen LogP contribution in [-0.4, -0.2) is 43.3 Å². The van der Waals surface area contributed by atoms with Crippen LogP contribution in [-0.2, 0) is 4.79 Å². The summed E-state index contributed by atoms with van der Waals surface area (Å²) in [6.07, 6.45) is 5.81. The van der Waals surface area contributed by atoms with Crippen molar-refractivity contribution in [3.63, 3.8) is 0 Å². The molecule has 3 fully saturated rings. The lowest BCUT2D eigenvalue weighted by molar-refractivity contribution is -0.135. The molecule has 2 bridgehead atoms. The van der Waals surface area contributed by atoms with Crippen LogP contribution in [0.3, 0.4) is 0 Å². The second-order valence-electron chi connectivity index (χ2n) is 8.68. The Kier molecular flexibility index (Phi) is 5.19. The van der Waals surface area contributed by atoms with Gasteiger partial charge in [0.05, 0.1) is 16.9 Å². The Morgan fingerprint density at radius 2 is 2.09 bits per heavy atom. The molecule has 1 unspecified atom stereocenters. The summed E-state index contributed by atoms with van der Waals surface area (Å²) < 4.78 is 33.5. The van der Waals surface area contributed by atoms with Gasteiger partial charge >= 0.3 is 0 Å². The molecule has 3 aliphatic rings. The molecule has 172 valence electrons. The van der Waals surface area contributed by atoms with E-state index in [9.17, 15) is 13.6 Å². The van der Waals surface area contributed by atoms with Gasteiger partial charge in [0, 0.05) is 35.1 Å². The Balaban J connectivity index is 1.13. The van der Waals surface area contributed by atoms with Gasteiger partial charge in [-0.1, -0.05) is 11.6 Å². The quantitative estimate of drug-likeness (QED) is 0.514. The highest BCUT2D eigenvalue weighted by atomic mass is 35.5. The van der Waals surface area contributed by atoms with Gasteiger partial charge in [-0.25, -0.2) is 23.4 Å². The van der Waals surface area contributed by atoms with Crippen molar-refractivity contribution in [2.24, 2.45) is 0 Å². The van der Waals surface area contributed by atoms with E-state index in [-0.39, 0.29) is 34.4 Å². The third kappa shape index (κ3) is 4.22. The zero-order chi connectivity index (χ0) is 23.2. The largest absolute Gasteiger partial charge is 0.484 e. The van der Waals surface area contributed by atoms with E-state index in [4.69, 9.17) is 16.3 Å². The number of carbonyl (C=O) groups is 1. The first-order valence-electron chi connectivity index (χ1n) is 10.4. The molecule has 33 heavy (non-hydrogen) atoms. The molecule has 1 atom stereocenters. The molecule has 11 heteroatoms. The van der Waals surface area contributed by atoms with Crippen molar-refractivity contribution in [3.05, 3.63) is 53.7 Å². The smallest absolute Gasteiger partial charge is 0.258 e. The van der Waals surface area contributed by atoms with E-state index in [1.54, 1.807) is 24.7 Å². The molecule has 6 rings (SSSR count). The Hall–Kier alpha value is -3.27. The van der Waals surface area contributed by atoms with Gasteiger partial charge in [-0.2, -0.15) is 5.10 Å². The lowest BCUT2D eigenvalue weighted by Crippen LogP contribution is -2.81. The normalized spacial score (nSPS) is 23.8. The zero-order valence-corrected chi connectivity index (χ0v) is 18.4. The van der Waals surface area contributed by atoms with Gasteiger partial charge in [-0.05, 0) is 44.4 Å². The van der Waals surface area contributed by atoms with Crippen LogP contribution in [0, 0.1) is 5.82 Å². The number of halogens is 3. The summed E-state index contributed by atoms with van der Waals surface area (Å²) in [5, 5.41) is 10.4. The first-order valence-corrected chi connectivity index (χ1v) is 10.8. The SMILES string of the molecule is CC(F)n1cc(-c2ccnc(NC34CC(NC(=O)COc5ccc(Cl)c(F)c5)(C3)C4)n2)cn1. The van der Waals surface area contributed by atoms with Crippen LogP contribution < -0.4 is 15.4 Å². The summed E-state index contributed by atoms with van der Waals surface area (Å²) in [6, 6.07) is 5.78. The van der Waals surface area contributed by atoms with E-state index < -0.39 is 12.1 Å². The first kappa shape index (κ1) is 21.6. The van der Waals surface area contributed by atoms with Crippen molar-refractivity contribution in [1.29, 1.82) is 0 Å². The molecule has 2 heterocycles. The molecule has 0 aliphatic heterocycles. The zero-order valence-electron chi connectivity index (χ0n) is 17.7. The lowest BCUT2D eigenvalue weighted by atomic mass is 9.44. The molecule has 1 amide bonds. The number of hydrogen-bond acceptors (Lipinski definition) is 6.